The molecule has 0 saturated carbocycles. The van der Waals surface area contributed by atoms with Crippen molar-refractivity contribution in [1.82, 2.24) is 24.2 Å². The summed E-state index contributed by atoms with van der Waals surface area (Å²) in [7, 11) is 2.20. The SMILES string of the molecule is Cc1ccc(-c2nc3sc(CN4CCN(C)CC4)cn3c2-c2ccncc2)cc1. The molecule has 0 radical (unpaired) electrons. The van der Waals surface area contributed by atoms with Gasteiger partial charge in [-0.1, -0.05) is 41.2 Å². The number of benzene rings is 1. The molecule has 29 heavy (non-hydrogen) atoms. The summed E-state index contributed by atoms with van der Waals surface area (Å²) in [5.74, 6) is 0. The van der Waals surface area contributed by atoms with Crippen LogP contribution >= 0.6 is 11.3 Å². The molecule has 1 fully saturated rings. The van der Waals surface area contributed by atoms with Gasteiger partial charge >= 0.3 is 0 Å². The van der Waals surface area contributed by atoms with Crippen LogP contribution < -0.4 is 0 Å². The van der Waals surface area contributed by atoms with Crippen LogP contribution in [0.25, 0.3) is 27.5 Å². The number of hydrogen-bond donors (Lipinski definition) is 0. The Hall–Kier alpha value is -2.54. The Bertz CT molecular complexity index is 1110. The van der Waals surface area contributed by atoms with E-state index in [4.69, 9.17) is 4.98 Å². The molecular weight excluding hydrogens is 378 g/mol. The molecule has 1 saturated heterocycles. The smallest absolute Gasteiger partial charge is 0.195 e. The van der Waals surface area contributed by atoms with Crippen LogP contribution in [0.5, 0.6) is 0 Å². The lowest BCUT2D eigenvalue weighted by Gasteiger charge is -2.31. The normalized spacial score (nSPS) is 15.9. The monoisotopic (exact) mass is 403 g/mol. The number of piperazine rings is 1. The van der Waals surface area contributed by atoms with Gasteiger partial charge in [0.15, 0.2) is 4.96 Å². The maximum absolute atomic E-state index is 5.05. The molecule has 0 atom stereocenters. The highest BCUT2D eigenvalue weighted by Crippen LogP contribution is 2.35. The van der Waals surface area contributed by atoms with E-state index in [9.17, 15) is 0 Å². The van der Waals surface area contributed by atoms with E-state index in [1.807, 2.05) is 12.4 Å². The minimum atomic E-state index is 0.998. The van der Waals surface area contributed by atoms with E-state index >= 15 is 0 Å². The van der Waals surface area contributed by atoms with Gasteiger partial charge in [0.2, 0.25) is 0 Å². The van der Waals surface area contributed by atoms with E-state index in [1.54, 1.807) is 11.3 Å². The molecule has 5 rings (SSSR count). The third kappa shape index (κ3) is 3.71. The second-order valence-corrected chi connectivity index (χ2v) is 8.93. The highest BCUT2D eigenvalue weighted by molar-refractivity contribution is 7.17. The Kier molecular flexibility index (Phi) is 4.91. The Morgan fingerprint density at radius 2 is 1.66 bits per heavy atom. The maximum Gasteiger partial charge on any atom is 0.195 e. The van der Waals surface area contributed by atoms with Crippen molar-refractivity contribution in [1.29, 1.82) is 0 Å². The van der Waals surface area contributed by atoms with Gasteiger partial charge in [0.05, 0.1) is 11.4 Å². The topological polar surface area (TPSA) is 36.7 Å². The van der Waals surface area contributed by atoms with Gasteiger partial charge in [-0.15, -0.1) is 0 Å². The molecule has 5 nitrogen and oxygen atoms in total. The van der Waals surface area contributed by atoms with Gasteiger partial charge in [-0.05, 0) is 26.1 Å². The van der Waals surface area contributed by atoms with Gasteiger partial charge in [-0.3, -0.25) is 14.3 Å². The number of fused-ring (bicyclic) bond motifs is 1. The largest absolute Gasteiger partial charge is 0.304 e. The molecule has 4 aromatic rings. The first-order chi connectivity index (χ1) is 14.2. The van der Waals surface area contributed by atoms with Crippen molar-refractivity contribution in [3.05, 3.63) is 65.4 Å². The molecule has 6 heteroatoms. The Morgan fingerprint density at radius 1 is 0.931 bits per heavy atom. The lowest BCUT2D eigenvalue weighted by Crippen LogP contribution is -2.43. The van der Waals surface area contributed by atoms with E-state index < -0.39 is 0 Å². The summed E-state index contributed by atoms with van der Waals surface area (Å²) >= 11 is 1.80. The van der Waals surface area contributed by atoms with Crippen molar-refractivity contribution in [3.8, 4) is 22.5 Å². The predicted molar refractivity (Wildman–Crippen MR) is 119 cm³/mol. The van der Waals surface area contributed by atoms with E-state index in [0.29, 0.717) is 0 Å². The molecule has 3 aromatic heterocycles. The fourth-order valence-electron chi connectivity index (χ4n) is 3.89. The molecule has 0 bridgehead atoms. The number of aromatic nitrogens is 3. The quantitative estimate of drug-likeness (QED) is 0.512. The first kappa shape index (κ1) is 18.5. The van der Waals surface area contributed by atoms with Crippen LogP contribution in [0, 0.1) is 6.92 Å². The summed E-state index contributed by atoms with van der Waals surface area (Å²) < 4.78 is 2.26. The zero-order valence-electron chi connectivity index (χ0n) is 16.9. The summed E-state index contributed by atoms with van der Waals surface area (Å²) in [6, 6.07) is 12.8. The van der Waals surface area contributed by atoms with Crippen molar-refractivity contribution in [2.24, 2.45) is 0 Å². The molecule has 0 amide bonds. The third-order valence-electron chi connectivity index (χ3n) is 5.63. The molecular formula is C23H25N5S. The van der Waals surface area contributed by atoms with Crippen LogP contribution in [-0.4, -0.2) is 57.4 Å². The molecule has 0 unspecified atom stereocenters. The number of rotatable bonds is 4. The lowest BCUT2D eigenvalue weighted by molar-refractivity contribution is 0.149. The zero-order chi connectivity index (χ0) is 19.8. The fourth-order valence-corrected chi connectivity index (χ4v) is 4.91. The van der Waals surface area contributed by atoms with Gasteiger partial charge in [-0.2, -0.15) is 0 Å². The highest BCUT2D eigenvalue weighted by atomic mass is 32.1. The van der Waals surface area contributed by atoms with Crippen molar-refractivity contribution >= 4 is 16.3 Å². The minimum Gasteiger partial charge on any atom is -0.304 e. The van der Waals surface area contributed by atoms with E-state index in [-0.39, 0.29) is 0 Å². The van der Waals surface area contributed by atoms with Gasteiger partial charge in [0.1, 0.15) is 0 Å². The number of imidazole rings is 1. The molecule has 1 aromatic carbocycles. The molecule has 1 aliphatic rings. The summed E-state index contributed by atoms with van der Waals surface area (Å²) in [6.45, 7) is 7.65. The molecule has 0 N–H and O–H groups in total. The third-order valence-corrected chi connectivity index (χ3v) is 6.60. The fraction of sp³-hybridized carbons (Fsp3) is 0.304. The summed E-state index contributed by atoms with van der Waals surface area (Å²) in [5, 5.41) is 0. The van der Waals surface area contributed by atoms with Crippen LogP contribution in [0.2, 0.25) is 0 Å². The summed E-state index contributed by atoms with van der Waals surface area (Å²) in [4.78, 5) is 16.6. The average Bonchev–Trinajstić information content (AvgIpc) is 3.28. The van der Waals surface area contributed by atoms with Crippen molar-refractivity contribution < 1.29 is 0 Å². The molecule has 4 heterocycles. The number of aryl methyl sites for hydroxylation is 1. The lowest BCUT2D eigenvalue weighted by atomic mass is 10.0. The number of thiazole rings is 1. The number of nitrogens with zero attached hydrogens (tertiary/aromatic N) is 5. The first-order valence-corrected chi connectivity index (χ1v) is 10.9. The van der Waals surface area contributed by atoms with Crippen LogP contribution in [0.1, 0.15) is 10.4 Å². The van der Waals surface area contributed by atoms with Crippen LogP contribution in [-0.2, 0) is 6.54 Å². The second kappa shape index (κ2) is 7.71. The van der Waals surface area contributed by atoms with Crippen LogP contribution in [0.15, 0.2) is 55.0 Å². The van der Waals surface area contributed by atoms with E-state index in [0.717, 1.165) is 60.2 Å². The Balaban J connectivity index is 1.55. The minimum absolute atomic E-state index is 0.998. The van der Waals surface area contributed by atoms with Crippen LogP contribution in [0.3, 0.4) is 0 Å². The first-order valence-electron chi connectivity index (χ1n) is 10.1. The van der Waals surface area contributed by atoms with Gasteiger partial charge < -0.3 is 4.90 Å². The maximum atomic E-state index is 5.05. The van der Waals surface area contributed by atoms with Crippen LogP contribution in [0.4, 0.5) is 0 Å². The zero-order valence-corrected chi connectivity index (χ0v) is 17.7. The second-order valence-electron chi connectivity index (χ2n) is 7.84. The van der Waals surface area contributed by atoms with E-state index in [2.05, 4.69) is 75.8 Å². The number of pyridine rings is 1. The molecule has 0 aliphatic carbocycles. The van der Waals surface area contributed by atoms with Crippen molar-refractivity contribution in [2.75, 3.05) is 33.2 Å². The number of hydrogen-bond acceptors (Lipinski definition) is 5. The molecule has 0 spiro atoms. The Labute approximate surface area is 175 Å². The van der Waals surface area contributed by atoms with E-state index in [1.165, 1.54) is 10.4 Å². The number of likely N-dealkylation sites (N-methyl/N-ethyl adjacent to an activating group) is 1. The van der Waals surface area contributed by atoms with Gasteiger partial charge in [0.25, 0.3) is 0 Å². The standard InChI is InChI=1S/C23H25N5S/c1-17-3-5-18(6-4-17)21-22(19-7-9-24-10-8-19)28-16-20(29-23(28)25-21)15-27-13-11-26(2)12-14-27/h3-10,16H,11-15H2,1-2H3. The van der Waals surface area contributed by atoms with Crippen molar-refractivity contribution in [2.45, 2.75) is 13.5 Å². The van der Waals surface area contributed by atoms with Gasteiger partial charge in [0, 0.05) is 67.3 Å². The molecule has 1 aliphatic heterocycles. The molecule has 148 valence electrons. The van der Waals surface area contributed by atoms with Gasteiger partial charge in [-0.25, -0.2) is 4.98 Å². The summed E-state index contributed by atoms with van der Waals surface area (Å²) in [6.07, 6.45) is 5.98. The Morgan fingerprint density at radius 3 is 2.38 bits per heavy atom. The van der Waals surface area contributed by atoms with Crippen molar-refractivity contribution in [3.63, 3.8) is 0 Å². The predicted octanol–water partition coefficient (Wildman–Crippen LogP) is 4.18. The summed E-state index contributed by atoms with van der Waals surface area (Å²) in [5.41, 5.74) is 5.74. The highest BCUT2D eigenvalue weighted by Gasteiger charge is 2.20. The average molecular weight is 404 g/mol.